The molecule has 5 heteroatoms. The molecule has 98 valence electrons. The molecule has 0 aliphatic carbocycles. The molecule has 1 aliphatic rings. The van der Waals surface area contributed by atoms with Crippen molar-refractivity contribution in [3.05, 3.63) is 59.3 Å². The van der Waals surface area contributed by atoms with Crippen LogP contribution in [0.25, 0.3) is 0 Å². The highest BCUT2D eigenvalue weighted by molar-refractivity contribution is 5.52. The smallest absolute Gasteiger partial charge is 0.347 e. The summed E-state index contributed by atoms with van der Waals surface area (Å²) in [6.45, 7) is 0.937. The number of nitrogens with zero attached hydrogens (tertiary/aromatic N) is 2. The Hall–Kier alpha value is -2.04. The summed E-state index contributed by atoms with van der Waals surface area (Å²) in [6, 6.07) is 10.1. The molecule has 2 aromatic rings. The van der Waals surface area contributed by atoms with E-state index in [0.717, 1.165) is 17.2 Å². The van der Waals surface area contributed by atoms with Gasteiger partial charge in [-0.2, -0.15) is 13.2 Å². The van der Waals surface area contributed by atoms with E-state index in [1.807, 2.05) is 24.3 Å². The lowest BCUT2D eigenvalue weighted by molar-refractivity contribution is -0.137. The summed E-state index contributed by atoms with van der Waals surface area (Å²) in [7, 11) is 0. The van der Waals surface area contributed by atoms with Crippen LogP contribution in [0.4, 0.5) is 19.0 Å². The molecule has 1 aromatic carbocycles. The topological polar surface area (TPSA) is 16.1 Å². The first-order valence-electron chi connectivity index (χ1n) is 5.89. The normalized spacial score (nSPS) is 14.6. The number of halogens is 3. The fourth-order valence-corrected chi connectivity index (χ4v) is 2.35. The second kappa shape index (κ2) is 4.26. The summed E-state index contributed by atoms with van der Waals surface area (Å²) in [6.07, 6.45) is -2.98. The van der Waals surface area contributed by atoms with Crippen molar-refractivity contribution in [2.24, 2.45) is 0 Å². The van der Waals surface area contributed by atoms with Crippen molar-refractivity contribution in [2.75, 3.05) is 4.90 Å². The molecule has 0 fully saturated rings. The highest BCUT2D eigenvalue weighted by Gasteiger charge is 2.36. The van der Waals surface area contributed by atoms with E-state index in [0.29, 0.717) is 13.1 Å². The minimum Gasteiger partial charge on any atom is -0.347 e. The van der Waals surface area contributed by atoms with Gasteiger partial charge in [-0.25, -0.2) is 4.98 Å². The predicted octanol–water partition coefficient (Wildman–Crippen LogP) is 3.62. The van der Waals surface area contributed by atoms with Gasteiger partial charge >= 0.3 is 6.18 Å². The van der Waals surface area contributed by atoms with Crippen molar-refractivity contribution in [3.8, 4) is 0 Å². The van der Waals surface area contributed by atoms with E-state index in [9.17, 15) is 13.2 Å². The summed E-state index contributed by atoms with van der Waals surface area (Å²) < 4.78 is 38.9. The summed E-state index contributed by atoms with van der Waals surface area (Å²) in [5.74, 6) is 0.00574. The molecule has 19 heavy (non-hydrogen) atoms. The van der Waals surface area contributed by atoms with Gasteiger partial charge in [0.05, 0.1) is 5.56 Å². The standard InChI is InChI=1S/C14H11F3N2/c15-14(16,17)12-6-3-7-18-13(12)19-8-10-4-1-2-5-11(10)9-19/h1-7H,8-9H2. The van der Waals surface area contributed by atoms with E-state index in [1.165, 1.54) is 12.3 Å². The highest BCUT2D eigenvalue weighted by atomic mass is 19.4. The van der Waals surface area contributed by atoms with E-state index >= 15 is 0 Å². The molecule has 0 atom stereocenters. The lowest BCUT2D eigenvalue weighted by Gasteiger charge is -2.21. The molecule has 1 aromatic heterocycles. The third-order valence-electron chi connectivity index (χ3n) is 3.23. The molecule has 0 saturated heterocycles. The quantitative estimate of drug-likeness (QED) is 0.782. The van der Waals surface area contributed by atoms with Crippen LogP contribution in [0.1, 0.15) is 16.7 Å². The molecule has 2 heterocycles. The zero-order chi connectivity index (χ0) is 13.5. The van der Waals surface area contributed by atoms with Gasteiger partial charge in [0, 0.05) is 19.3 Å². The van der Waals surface area contributed by atoms with Crippen LogP contribution in [0.15, 0.2) is 42.6 Å². The van der Waals surface area contributed by atoms with Crippen molar-refractivity contribution >= 4 is 5.82 Å². The second-order valence-corrected chi connectivity index (χ2v) is 4.50. The third-order valence-corrected chi connectivity index (χ3v) is 3.23. The van der Waals surface area contributed by atoms with Gasteiger partial charge in [-0.1, -0.05) is 24.3 Å². The number of hydrogen-bond acceptors (Lipinski definition) is 2. The molecule has 0 N–H and O–H groups in total. The van der Waals surface area contributed by atoms with Crippen LogP contribution in [-0.4, -0.2) is 4.98 Å². The number of pyridine rings is 1. The van der Waals surface area contributed by atoms with Gasteiger partial charge in [0.1, 0.15) is 5.82 Å². The average molecular weight is 264 g/mol. The second-order valence-electron chi connectivity index (χ2n) is 4.50. The number of alkyl halides is 3. The summed E-state index contributed by atoms with van der Waals surface area (Å²) in [5, 5.41) is 0. The Kier molecular flexibility index (Phi) is 2.69. The average Bonchev–Trinajstić information content (AvgIpc) is 2.81. The van der Waals surface area contributed by atoms with E-state index < -0.39 is 11.7 Å². The van der Waals surface area contributed by atoms with Crippen molar-refractivity contribution in [2.45, 2.75) is 19.3 Å². The van der Waals surface area contributed by atoms with Crippen LogP contribution in [0.5, 0.6) is 0 Å². The van der Waals surface area contributed by atoms with Gasteiger partial charge in [-0.3, -0.25) is 0 Å². The lowest BCUT2D eigenvalue weighted by Crippen LogP contribution is -2.21. The molecule has 2 nitrogen and oxygen atoms in total. The SMILES string of the molecule is FC(F)(F)c1cccnc1N1Cc2ccccc2C1. The number of fused-ring (bicyclic) bond motifs is 1. The monoisotopic (exact) mass is 264 g/mol. The minimum absolute atomic E-state index is 0.00574. The van der Waals surface area contributed by atoms with Crippen LogP contribution in [0, 0.1) is 0 Å². The van der Waals surface area contributed by atoms with Crippen LogP contribution >= 0.6 is 0 Å². The largest absolute Gasteiger partial charge is 0.419 e. The van der Waals surface area contributed by atoms with Gasteiger partial charge in [0.25, 0.3) is 0 Å². The third kappa shape index (κ3) is 2.16. The van der Waals surface area contributed by atoms with Gasteiger partial charge in [0.2, 0.25) is 0 Å². The Morgan fingerprint density at radius 3 is 2.16 bits per heavy atom. The Morgan fingerprint density at radius 1 is 0.947 bits per heavy atom. The summed E-state index contributed by atoms with van der Waals surface area (Å²) in [4.78, 5) is 5.58. The highest BCUT2D eigenvalue weighted by Crippen LogP contribution is 2.37. The Labute approximate surface area is 108 Å². The summed E-state index contributed by atoms with van der Waals surface area (Å²) in [5.41, 5.74) is 1.44. The van der Waals surface area contributed by atoms with E-state index in [4.69, 9.17) is 0 Å². The number of aromatic nitrogens is 1. The van der Waals surface area contributed by atoms with Crippen molar-refractivity contribution < 1.29 is 13.2 Å². The fourth-order valence-electron chi connectivity index (χ4n) is 2.35. The van der Waals surface area contributed by atoms with Crippen molar-refractivity contribution in [1.82, 2.24) is 4.98 Å². The molecule has 0 saturated carbocycles. The van der Waals surface area contributed by atoms with Crippen molar-refractivity contribution in [3.63, 3.8) is 0 Å². The van der Waals surface area contributed by atoms with Crippen LogP contribution < -0.4 is 4.90 Å². The van der Waals surface area contributed by atoms with Gasteiger partial charge in [0.15, 0.2) is 0 Å². The van der Waals surface area contributed by atoms with Crippen LogP contribution in [0.3, 0.4) is 0 Å². The maximum atomic E-state index is 13.0. The van der Waals surface area contributed by atoms with Gasteiger partial charge < -0.3 is 4.90 Å². The van der Waals surface area contributed by atoms with Crippen molar-refractivity contribution in [1.29, 1.82) is 0 Å². The van der Waals surface area contributed by atoms with Crippen LogP contribution in [-0.2, 0) is 19.3 Å². The Balaban J connectivity index is 1.98. The maximum absolute atomic E-state index is 13.0. The zero-order valence-electron chi connectivity index (χ0n) is 9.98. The number of benzene rings is 1. The lowest BCUT2D eigenvalue weighted by atomic mass is 10.1. The molecular formula is C14H11F3N2. The minimum atomic E-state index is -4.38. The van der Waals surface area contributed by atoms with E-state index in [1.54, 1.807) is 4.90 Å². The van der Waals surface area contributed by atoms with Crippen LogP contribution in [0.2, 0.25) is 0 Å². The first-order chi connectivity index (χ1) is 9.05. The first kappa shape index (κ1) is 12.0. The zero-order valence-corrected chi connectivity index (χ0v) is 9.98. The molecule has 0 radical (unpaired) electrons. The van der Waals surface area contributed by atoms with Gasteiger partial charge in [-0.15, -0.1) is 0 Å². The first-order valence-corrected chi connectivity index (χ1v) is 5.89. The van der Waals surface area contributed by atoms with E-state index in [-0.39, 0.29) is 5.82 Å². The summed E-state index contributed by atoms with van der Waals surface area (Å²) >= 11 is 0. The number of rotatable bonds is 1. The molecule has 3 rings (SSSR count). The number of anilines is 1. The number of hydrogen-bond donors (Lipinski definition) is 0. The molecule has 0 bridgehead atoms. The molecular weight excluding hydrogens is 253 g/mol. The molecule has 1 aliphatic heterocycles. The Bertz CT molecular complexity index is 583. The predicted molar refractivity (Wildman–Crippen MR) is 65.6 cm³/mol. The van der Waals surface area contributed by atoms with Gasteiger partial charge in [-0.05, 0) is 23.3 Å². The molecule has 0 spiro atoms. The fraction of sp³-hybridized carbons (Fsp3) is 0.214. The van der Waals surface area contributed by atoms with E-state index in [2.05, 4.69) is 4.98 Å². The molecule has 0 amide bonds. The molecule has 0 unspecified atom stereocenters. The maximum Gasteiger partial charge on any atom is 0.419 e. The Morgan fingerprint density at radius 2 is 1.58 bits per heavy atom.